The molecule has 0 saturated heterocycles. The number of carboxylic acids is 1. The van der Waals surface area contributed by atoms with E-state index in [0.717, 1.165) is 0 Å². The molecule has 0 aromatic heterocycles. The average Bonchev–Trinajstić information content (AvgIpc) is 2.16. The Kier molecular flexibility index (Phi) is 2.76. The number of carbonyl (C=O) groups excluding carboxylic acids is 1. The Morgan fingerprint density at radius 2 is 1.69 bits per heavy atom. The summed E-state index contributed by atoms with van der Waals surface area (Å²) in [5, 5.41) is 17.2. The molecule has 0 heterocycles. The van der Waals surface area contributed by atoms with Crippen LogP contribution in [-0.4, -0.2) is 28.6 Å². The highest BCUT2D eigenvalue weighted by Crippen LogP contribution is 2.08. The van der Waals surface area contributed by atoms with E-state index >= 15 is 0 Å². The number of rotatable bonds is 3. The lowest BCUT2D eigenvalue weighted by molar-refractivity contribution is 0.0690. The van der Waals surface area contributed by atoms with E-state index in [-0.39, 0.29) is 11.1 Å². The van der Waals surface area contributed by atoms with Crippen molar-refractivity contribution >= 4 is 11.8 Å². The van der Waals surface area contributed by atoms with Crippen molar-refractivity contribution < 1.29 is 19.8 Å². The summed E-state index contributed by atoms with van der Waals surface area (Å²) in [4.78, 5) is 21.6. The summed E-state index contributed by atoms with van der Waals surface area (Å²) in [6, 6.07) is 5.78. The molecule has 1 rings (SSSR count). The smallest absolute Gasteiger partial charge is 0.336 e. The van der Waals surface area contributed by atoms with Gasteiger partial charge in [-0.25, -0.2) is 4.79 Å². The highest BCUT2D eigenvalue weighted by atomic mass is 16.4. The van der Waals surface area contributed by atoms with Gasteiger partial charge in [0, 0.05) is 5.56 Å². The summed E-state index contributed by atoms with van der Waals surface area (Å²) in [6.45, 7) is -0.676. The fraction of sp³-hybridized carbons (Fsp3) is 0.111. The normalized spacial score (nSPS) is 9.62. The Morgan fingerprint density at radius 1 is 1.15 bits per heavy atom. The summed E-state index contributed by atoms with van der Waals surface area (Å²) in [5.74, 6) is -1.75. The van der Waals surface area contributed by atoms with Gasteiger partial charge in [0.05, 0.1) is 5.56 Å². The van der Waals surface area contributed by atoms with Crippen molar-refractivity contribution in [2.45, 2.75) is 0 Å². The minimum absolute atomic E-state index is 0.0394. The highest BCUT2D eigenvalue weighted by Gasteiger charge is 2.13. The molecule has 4 heteroatoms. The Balaban J connectivity index is 3.19. The molecule has 4 nitrogen and oxygen atoms in total. The van der Waals surface area contributed by atoms with Crippen LogP contribution in [0.25, 0.3) is 0 Å². The van der Waals surface area contributed by atoms with Crippen LogP contribution in [0.5, 0.6) is 0 Å². The number of carbonyl (C=O) groups is 2. The van der Waals surface area contributed by atoms with Crippen LogP contribution in [0.3, 0.4) is 0 Å². The van der Waals surface area contributed by atoms with Crippen molar-refractivity contribution in [1.29, 1.82) is 0 Å². The molecule has 0 unspecified atom stereocenters. The third-order valence-electron chi connectivity index (χ3n) is 1.60. The number of Topliss-reactive ketones (excluding diaryl/α,β-unsaturated/α-hetero) is 1. The topological polar surface area (TPSA) is 74.6 Å². The predicted molar refractivity (Wildman–Crippen MR) is 44.8 cm³/mol. The van der Waals surface area contributed by atoms with Crippen molar-refractivity contribution in [3.05, 3.63) is 35.4 Å². The molecule has 0 amide bonds. The van der Waals surface area contributed by atoms with Crippen LogP contribution < -0.4 is 0 Å². The van der Waals surface area contributed by atoms with Crippen LogP contribution in [0, 0.1) is 0 Å². The van der Waals surface area contributed by atoms with Crippen LogP contribution in [0.4, 0.5) is 0 Å². The maximum Gasteiger partial charge on any atom is 0.336 e. The van der Waals surface area contributed by atoms with Crippen molar-refractivity contribution in [3.63, 3.8) is 0 Å². The number of aliphatic hydroxyl groups is 1. The summed E-state index contributed by atoms with van der Waals surface area (Å²) in [7, 11) is 0. The minimum Gasteiger partial charge on any atom is -0.478 e. The van der Waals surface area contributed by atoms with Crippen LogP contribution in [-0.2, 0) is 0 Å². The lowest BCUT2D eigenvalue weighted by Gasteiger charge is -2.01. The first-order valence-corrected chi connectivity index (χ1v) is 3.63. The molecule has 13 heavy (non-hydrogen) atoms. The molecule has 1 aromatic rings. The molecule has 0 saturated carbocycles. The van der Waals surface area contributed by atoms with E-state index in [9.17, 15) is 9.59 Å². The number of aliphatic hydroxyl groups excluding tert-OH is 1. The fourth-order valence-corrected chi connectivity index (χ4v) is 0.998. The minimum atomic E-state index is -1.17. The van der Waals surface area contributed by atoms with Crippen molar-refractivity contribution in [3.8, 4) is 0 Å². The first-order valence-electron chi connectivity index (χ1n) is 3.63. The van der Waals surface area contributed by atoms with Gasteiger partial charge in [-0.3, -0.25) is 4.79 Å². The molecule has 0 aliphatic rings. The van der Waals surface area contributed by atoms with Gasteiger partial charge in [0.15, 0.2) is 5.78 Å². The van der Waals surface area contributed by atoms with Crippen LogP contribution in [0.1, 0.15) is 20.7 Å². The molecule has 68 valence electrons. The maximum absolute atomic E-state index is 11.0. The second-order valence-electron chi connectivity index (χ2n) is 2.43. The van der Waals surface area contributed by atoms with E-state index in [4.69, 9.17) is 10.2 Å². The number of hydrogen-bond acceptors (Lipinski definition) is 3. The Hall–Kier alpha value is -1.68. The lowest BCUT2D eigenvalue weighted by atomic mass is 10.0. The Morgan fingerprint density at radius 3 is 2.15 bits per heavy atom. The molecule has 2 N–H and O–H groups in total. The number of benzene rings is 1. The second-order valence-corrected chi connectivity index (χ2v) is 2.43. The van der Waals surface area contributed by atoms with E-state index in [0.29, 0.717) is 0 Å². The SMILES string of the molecule is O=C(O)c1ccccc1C(=O)CO. The van der Waals surface area contributed by atoms with Crippen LogP contribution >= 0.6 is 0 Å². The van der Waals surface area contributed by atoms with Gasteiger partial charge in [-0.1, -0.05) is 18.2 Å². The summed E-state index contributed by atoms with van der Waals surface area (Å²) in [5.41, 5.74) is -0.0425. The van der Waals surface area contributed by atoms with Crippen molar-refractivity contribution in [2.24, 2.45) is 0 Å². The molecule has 0 bridgehead atoms. The van der Waals surface area contributed by atoms with Gasteiger partial charge >= 0.3 is 5.97 Å². The first kappa shape index (κ1) is 9.41. The Labute approximate surface area is 74.4 Å². The third-order valence-corrected chi connectivity index (χ3v) is 1.60. The average molecular weight is 180 g/mol. The van der Waals surface area contributed by atoms with Gasteiger partial charge < -0.3 is 10.2 Å². The van der Waals surface area contributed by atoms with E-state index in [1.807, 2.05) is 0 Å². The molecule has 1 aromatic carbocycles. The highest BCUT2D eigenvalue weighted by molar-refractivity contribution is 6.06. The van der Waals surface area contributed by atoms with Gasteiger partial charge in [0.1, 0.15) is 6.61 Å². The van der Waals surface area contributed by atoms with Crippen molar-refractivity contribution in [1.82, 2.24) is 0 Å². The molecule has 0 spiro atoms. The Bertz CT molecular complexity index is 343. The molecule has 0 aliphatic heterocycles. The van der Waals surface area contributed by atoms with Gasteiger partial charge in [-0.05, 0) is 6.07 Å². The molecule has 0 aliphatic carbocycles. The lowest BCUT2D eigenvalue weighted by Crippen LogP contribution is -2.11. The van der Waals surface area contributed by atoms with Gasteiger partial charge in [0.2, 0.25) is 0 Å². The molecular weight excluding hydrogens is 172 g/mol. The maximum atomic E-state index is 11.0. The monoisotopic (exact) mass is 180 g/mol. The number of ketones is 1. The van der Waals surface area contributed by atoms with E-state index in [1.165, 1.54) is 18.2 Å². The number of aromatic carboxylic acids is 1. The van der Waals surface area contributed by atoms with E-state index < -0.39 is 18.4 Å². The van der Waals surface area contributed by atoms with E-state index in [1.54, 1.807) is 6.07 Å². The third kappa shape index (κ3) is 1.91. The predicted octanol–water partition coefficient (Wildman–Crippen LogP) is 0.560. The molecule has 0 atom stereocenters. The quantitative estimate of drug-likeness (QED) is 0.666. The number of carboxylic acid groups (broad SMARTS) is 1. The van der Waals surface area contributed by atoms with E-state index in [2.05, 4.69) is 0 Å². The first-order chi connectivity index (χ1) is 6.16. The summed E-state index contributed by atoms with van der Waals surface area (Å²) in [6.07, 6.45) is 0. The van der Waals surface area contributed by atoms with Crippen LogP contribution in [0.2, 0.25) is 0 Å². The summed E-state index contributed by atoms with van der Waals surface area (Å²) >= 11 is 0. The summed E-state index contributed by atoms with van der Waals surface area (Å²) < 4.78 is 0. The second kappa shape index (κ2) is 3.82. The van der Waals surface area contributed by atoms with Crippen molar-refractivity contribution in [2.75, 3.05) is 6.61 Å². The molecular formula is C9H8O4. The standard InChI is InChI=1S/C9H8O4/c10-5-8(11)6-3-1-2-4-7(6)9(12)13/h1-4,10H,5H2,(H,12,13). The van der Waals surface area contributed by atoms with Gasteiger partial charge in [0.25, 0.3) is 0 Å². The number of hydrogen-bond donors (Lipinski definition) is 2. The zero-order valence-electron chi connectivity index (χ0n) is 6.73. The van der Waals surface area contributed by atoms with Gasteiger partial charge in [-0.15, -0.1) is 0 Å². The fourth-order valence-electron chi connectivity index (χ4n) is 0.998. The molecule has 0 radical (unpaired) electrons. The zero-order valence-corrected chi connectivity index (χ0v) is 6.73. The largest absolute Gasteiger partial charge is 0.478 e. The zero-order chi connectivity index (χ0) is 9.84. The van der Waals surface area contributed by atoms with Crippen LogP contribution in [0.15, 0.2) is 24.3 Å². The van der Waals surface area contributed by atoms with Gasteiger partial charge in [-0.2, -0.15) is 0 Å². The molecule has 0 fully saturated rings.